The monoisotopic (exact) mass is 345 g/mol. The van der Waals surface area contributed by atoms with E-state index in [0.29, 0.717) is 0 Å². The molecule has 2 heterocycles. The third kappa shape index (κ3) is 3.65. The van der Waals surface area contributed by atoms with Crippen molar-refractivity contribution in [3.8, 4) is 0 Å². The lowest BCUT2D eigenvalue weighted by Gasteiger charge is -2.17. The average molecular weight is 345 g/mol. The van der Waals surface area contributed by atoms with Crippen molar-refractivity contribution in [1.82, 2.24) is 9.55 Å². The predicted octanol–water partition coefficient (Wildman–Crippen LogP) is 3.00. The molecule has 128 valence electrons. The SMILES string of the molecule is Cc1nc(S[C@@H](C(N)=O)c2ccccc2)n(C[C@@H]2CCCO2)c1C. The van der Waals surface area contributed by atoms with Crippen LogP contribution in [0.15, 0.2) is 35.5 Å². The first-order valence-electron chi connectivity index (χ1n) is 8.22. The highest BCUT2D eigenvalue weighted by Gasteiger charge is 2.25. The molecule has 6 heteroatoms. The zero-order valence-electron chi connectivity index (χ0n) is 14.1. The molecule has 2 N–H and O–H groups in total. The summed E-state index contributed by atoms with van der Waals surface area (Å²) < 4.78 is 7.93. The first-order chi connectivity index (χ1) is 11.6. The summed E-state index contributed by atoms with van der Waals surface area (Å²) in [6.45, 7) is 5.65. The maximum atomic E-state index is 12.0. The molecule has 24 heavy (non-hydrogen) atoms. The summed E-state index contributed by atoms with van der Waals surface area (Å²) >= 11 is 1.42. The molecule has 0 radical (unpaired) electrons. The van der Waals surface area contributed by atoms with Crippen LogP contribution in [0.5, 0.6) is 0 Å². The van der Waals surface area contributed by atoms with Crippen LogP contribution in [-0.4, -0.2) is 28.2 Å². The molecule has 5 nitrogen and oxygen atoms in total. The van der Waals surface area contributed by atoms with Gasteiger partial charge in [0.25, 0.3) is 0 Å². The number of carbonyl (C=O) groups is 1. The van der Waals surface area contributed by atoms with Gasteiger partial charge in [-0.2, -0.15) is 0 Å². The van der Waals surface area contributed by atoms with Gasteiger partial charge in [-0.1, -0.05) is 42.1 Å². The molecule has 2 aromatic rings. The van der Waals surface area contributed by atoms with Crippen LogP contribution in [-0.2, 0) is 16.1 Å². The lowest BCUT2D eigenvalue weighted by atomic mass is 10.1. The maximum absolute atomic E-state index is 12.0. The van der Waals surface area contributed by atoms with E-state index in [1.54, 1.807) is 0 Å². The number of hydrogen-bond acceptors (Lipinski definition) is 4. The first-order valence-corrected chi connectivity index (χ1v) is 9.10. The fourth-order valence-corrected chi connectivity index (χ4v) is 4.09. The van der Waals surface area contributed by atoms with Crippen molar-refractivity contribution in [2.75, 3.05) is 6.61 Å². The number of hydrogen-bond donors (Lipinski definition) is 1. The molecule has 3 rings (SSSR count). The van der Waals surface area contributed by atoms with E-state index in [-0.39, 0.29) is 12.0 Å². The smallest absolute Gasteiger partial charge is 0.235 e. The number of primary amides is 1. The molecule has 1 aromatic heterocycles. The van der Waals surface area contributed by atoms with Gasteiger partial charge in [0, 0.05) is 12.3 Å². The second-order valence-corrected chi connectivity index (χ2v) is 7.19. The van der Waals surface area contributed by atoms with Crippen LogP contribution >= 0.6 is 11.8 Å². The van der Waals surface area contributed by atoms with E-state index >= 15 is 0 Å². The van der Waals surface area contributed by atoms with Crippen LogP contribution in [0, 0.1) is 13.8 Å². The van der Waals surface area contributed by atoms with Crippen molar-refractivity contribution < 1.29 is 9.53 Å². The van der Waals surface area contributed by atoms with Gasteiger partial charge in [-0.25, -0.2) is 4.98 Å². The van der Waals surface area contributed by atoms with Gasteiger partial charge >= 0.3 is 0 Å². The molecular weight excluding hydrogens is 322 g/mol. The minimum atomic E-state index is -0.448. The molecule has 0 aliphatic carbocycles. The Labute approximate surface area is 146 Å². The van der Waals surface area contributed by atoms with Crippen LogP contribution < -0.4 is 5.73 Å². The van der Waals surface area contributed by atoms with Crippen LogP contribution in [0.1, 0.15) is 35.0 Å². The Hall–Kier alpha value is -1.79. The van der Waals surface area contributed by atoms with Crippen molar-refractivity contribution in [3.05, 3.63) is 47.3 Å². The Morgan fingerprint density at radius 3 is 2.79 bits per heavy atom. The van der Waals surface area contributed by atoms with E-state index < -0.39 is 5.25 Å². The summed E-state index contributed by atoms with van der Waals surface area (Å²) in [5, 5.41) is 0.379. The van der Waals surface area contributed by atoms with Gasteiger partial charge < -0.3 is 15.0 Å². The van der Waals surface area contributed by atoms with Gasteiger partial charge in [0.15, 0.2) is 5.16 Å². The largest absolute Gasteiger partial charge is 0.376 e. The Balaban J connectivity index is 1.87. The van der Waals surface area contributed by atoms with Crippen LogP contribution in [0.2, 0.25) is 0 Å². The van der Waals surface area contributed by atoms with E-state index in [9.17, 15) is 4.79 Å². The maximum Gasteiger partial charge on any atom is 0.235 e. The number of benzene rings is 1. The normalized spacial score (nSPS) is 18.7. The van der Waals surface area contributed by atoms with E-state index in [1.807, 2.05) is 37.3 Å². The standard InChI is InChI=1S/C18H23N3O2S/c1-12-13(2)21(11-15-9-6-10-23-15)18(20-12)24-16(17(19)22)14-7-4-3-5-8-14/h3-5,7-8,15-16H,6,9-11H2,1-2H3,(H2,19,22)/t15-,16+/m0/s1. The zero-order valence-corrected chi connectivity index (χ0v) is 14.9. The molecule has 1 aliphatic heterocycles. The minimum Gasteiger partial charge on any atom is -0.376 e. The third-order valence-corrected chi connectivity index (χ3v) is 5.68. The van der Waals surface area contributed by atoms with Crippen LogP contribution in [0.4, 0.5) is 0 Å². The van der Waals surface area contributed by atoms with E-state index in [4.69, 9.17) is 10.5 Å². The first kappa shape index (κ1) is 17.0. The van der Waals surface area contributed by atoms with E-state index in [2.05, 4.69) is 16.5 Å². The highest BCUT2D eigenvalue weighted by atomic mass is 32.2. The van der Waals surface area contributed by atoms with Gasteiger partial charge in [-0.15, -0.1) is 0 Å². The van der Waals surface area contributed by atoms with Gasteiger partial charge in [-0.05, 0) is 32.3 Å². The van der Waals surface area contributed by atoms with E-state index in [1.165, 1.54) is 11.8 Å². The number of rotatable bonds is 6. The fourth-order valence-electron chi connectivity index (χ4n) is 2.94. The number of nitrogens with two attached hydrogens (primary N) is 1. The van der Waals surface area contributed by atoms with Crippen LogP contribution in [0.25, 0.3) is 0 Å². The predicted molar refractivity (Wildman–Crippen MR) is 94.9 cm³/mol. The Bertz CT molecular complexity index is 709. The van der Waals surface area contributed by atoms with Crippen LogP contribution in [0.3, 0.4) is 0 Å². The third-order valence-electron chi connectivity index (χ3n) is 4.42. The fraction of sp³-hybridized carbons (Fsp3) is 0.444. The van der Waals surface area contributed by atoms with Gasteiger partial charge in [0.1, 0.15) is 5.25 Å². The molecular formula is C18H23N3O2S. The number of amides is 1. The molecule has 0 spiro atoms. The molecule has 1 aromatic carbocycles. The lowest BCUT2D eigenvalue weighted by molar-refractivity contribution is -0.117. The zero-order chi connectivity index (χ0) is 17.1. The number of nitrogens with zero attached hydrogens (tertiary/aromatic N) is 2. The topological polar surface area (TPSA) is 70.1 Å². The summed E-state index contributed by atoms with van der Waals surface area (Å²) in [5.41, 5.74) is 8.65. The number of aromatic nitrogens is 2. The Kier molecular flexibility index (Phi) is 5.26. The summed E-state index contributed by atoms with van der Waals surface area (Å²) in [4.78, 5) is 16.7. The molecule has 1 amide bonds. The Morgan fingerprint density at radius 2 is 2.17 bits per heavy atom. The highest BCUT2D eigenvalue weighted by molar-refractivity contribution is 8.00. The number of imidazole rings is 1. The van der Waals surface area contributed by atoms with Crippen molar-refractivity contribution in [1.29, 1.82) is 0 Å². The molecule has 0 unspecified atom stereocenters. The molecule has 1 aliphatic rings. The summed E-state index contributed by atoms with van der Waals surface area (Å²) in [7, 11) is 0. The average Bonchev–Trinajstić information content (AvgIpc) is 3.17. The highest BCUT2D eigenvalue weighted by Crippen LogP contribution is 2.36. The summed E-state index contributed by atoms with van der Waals surface area (Å²) in [6, 6.07) is 9.62. The van der Waals surface area contributed by atoms with Crippen molar-refractivity contribution >= 4 is 17.7 Å². The van der Waals surface area contributed by atoms with E-state index in [0.717, 1.165) is 48.1 Å². The Morgan fingerprint density at radius 1 is 1.42 bits per heavy atom. The number of carbonyl (C=O) groups excluding carboxylic acids is 1. The number of thioether (sulfide) groups is 1. The number of ether oxygens (including phenoxy) is 1. The quantitative estimate of drug-likeness (QED) is 0.817. The summed E-state index contributed by atoms with van der Waals surface area (Å²) in [5.74, 6) is -0.354. The molecule has 0 bridgehead atoms. The molecule has 1 saturated heterocycles. The number of aryl methyl sites for hydroxylation is 1. The second kappa shape index (κ2) is 7.40. The van der Waals surface area contributed by atoms with Crippen molar-refractivity contribution in [3.63, 3.8) is 0 Å². The van der Waals surface area contributed by atoms with Gasteiger partial charge in [-0.3, -0.25) is 4.79 Å². The van der Waals surface area contributed by atoms with Crippen molar-refractivity contribution in [2.45, 2.75) is 49.7 Å². The minimum absolute atomic E-state index is 0.223. The molecule has 1 fully saturated rings. The lowest BCUT2D eigenvalue weighted by Crippen LogP contribution is -2.21. The van der Waals surface area contributed by atoms with Gasteiger partial charge in [0.2, 0.25) is 5.91 Å². The second-order valence-electron chi connectivity index (χ2n) is 6.12. The van der Waals surface area contributed by atoms with Crippen molar-refractivity contribution in [2.24, 2.45) is 5.73 Å². The molecule has 2 atom stereocenters. The van der Waals surface area contributed by atoms with Gasteiger partial charge in [0.05, 0.1) is 18.3 Å². The summed E-state index contributed by atoms with van der Waals surface area (Å²) in [6.07, 6.45) is 2.40. The molecule has 0 saturated carbocycles.